The van der Waals surface area contributed by atoms with Gasteiger partial charge in [-0.3, -0.25) is 4.79 Å². The van der Waals surface area contributed by atoms with E-state index in [-0.39, 0.29) is 36.2 Å². The molecule has 1 atom stereocenters. The van der Waals surface area contributed by atoms with Gasteiger partial charge in [0.1, 0.15) is 18.2 Å². The molecule has 0 saturated carbocycles. The molecule has 4 nitrogen and oxygen atoms in total. The molecule has 0 saturated heterocycles. The molecule has 2 aromatic carbocycles. The number of ether oxygens (including phenoxy) is 1. The lowest BCUT2D eigenvalue weighted by molar-refractivity contribution is -0.119. The summed E-state index contributed by atoms with van der Waals surface area (Å²) in [5.41, 5.74) is 7.15. The summed E-state index contributed by atoms with van der Waals surface area (Å²) in [6.45, 7) is 6.03. The number of benzene rings is 2. The Balaban J connectivity index is 0.00000312. The van der Waals surface area contributed by atoms with E-state index in [2.05, 4.69) is 5.32 Å². The number of anilines is 1. The molecule has 2 aromatic rings. The summed E-state index contributed by atoms with van der Waals surface area (Å²) in [4.78, 5) is 12.2. The van der Waals surface area contributed by atoms with Crippen molar-refractivity contribution in [2.45, 2.75) is 33.4 Å². The molecule has 6 heteroatoms. The van der Waals surface area contributed by atoms with Crippen LogP contribution in [0.5, 0.6) is 5.75 Å². The minimum Gasteiger partial charge on any atom is -0.489 e. The van der Waals surface area contributed by atoms with Crippen LogP contribution in [0.1, 0.15) is 26.3 Å². The molecule has 0 fully saturated rings. The van der Waals surface area contributed by atoms with Crippen LogP contribution in [-0.2, 0) is 11.4 Å². The van der Waals surface area contributed by atoms with Gasteiger partial charge in [0.25, 0.3) is 0 Å². The number of hydrogen-bond acceptors (Lipinski definition) is 3. The van der Waals surface area contributed by atoms with Gasteiger partial charge in [-0.2, -0.15) is 0 Å². The van der Waals surface area contributed by atoms with Crippen molar-refractivity contribution in [3.05, 3.63) is 59.9 Å². The molecule has 0 bridgehead atoms. The quantitative estimate of drug-likeness (QED) is 0.835. The Morgan fingerprint density at radius 1 is 1.20 bits per heavy atom. The van der Waals surface area contributed by atoms with Crippen LogP contribution in [0.25, 0.3) is 0 Å². The normalized spacial score (nSPS) is 12.0. The summed E-state index contributed by atoms with van der Waals surface area (Å²) in [6, 6.07) is 12.7. The van der Waals surface area contributed by atoms with Crippen molar-refractivity contribution in [2.75, 3.05) is 5.32 Å². The molecule has 0 unspecified atom stereocenters. The molecule has 136 valence electrons. The number of hydrogen-bond donors (Lipinski definition) is 2. The molecule has 0 aromatic heterocycles. The molecule has 0 spiro atoms. The highest BCUT2D eigenvalue weighted by molar-refractivity contribution is 5.95. The second-order valence-corrected chi connectivity index (χ2v) is 6.78. The maximum Gasteiger partial charge on any atom is 0.241 e. The highest BCUT2D eigenvalue weighted by Gasteiger charge is 2.27. The summed E-state index contributed by atoms with van der Waals surface area (Å²) in [7, 11) is 0. The van der Waals surface area contributed by atoms with Gasteiger partial charge in [-0.15, -0.1) is 12.4 Å². The fourth-order valence-electron chi connectivity index (χ4n) is 2.08. The van der Waals surface area contributed by atoms with Crippen LogP contribution >= 0.6 is 12.4 Å². The van der Waals surface area contributed by atoms with E-state index in [0.717, 1.165) is 5.56 Å². The number of rotatable bonds is 5. The monoisotopic (exact) mass is 366 g/mol. The SMILES string of the molecule is CC(C)(C)[C@H](N)C(=O)Nc1cccc(COc2cccc(F)c2)c1.Cl. The van der Waals surface area contributed by atoms with Crippen LogP contribution in [0, 0.1) is 11.2 Å². The van der Waals surface area contributed by atoms with Gasteiger partial charge in [0, 0.05) is 11.8 Å². The third kappa shape index (κ3) is 6.36. The van der Waals surface area contributed by atoms with Crippen LogP contribution in [-0.4, -0.2) is 11.9 Å². The molecule has 3 N–H and O–H groups in total. The second-order valence-electron chi connectivity index (χ2n) is 6.78. The van der Waals surface area contributed by atoms with Crippen LogP contribution in [0.3, 0.4) is 0 Å². The molecule has 0 heterocycles. The molecule has 25 heavy (non-hydrogen) atoms. The first-order valence-corrected chi connectivity index (χ1v) is 7.79. The number of nitrogens with two attached hydrogens (primary N) is 1. The highest BCUT2D eigenvalue weighted by Crippen LogP contribution is 2.20. The number of carbonyl (C=O) groups is 1. The van der Waals surface area contributed by atoms with E-state index in [1.165, 1.54) is 12.1 Å². The van der Waals surface area contributed by atoms with Crippen LogP contribution in [0.15, 0.2) is 48.5 Å². The first-order valence-electron chi connectivity index (χ1n) is 7.79. The number of amides is 1. The number of halogens is 2. The van der Waals surface area contributed by atoms with Crippen molar-refractivity contribution in [3.8, 4) is 5.75 Å². The second kappa shape index (κ2) is 8.83. The van der Waals surface area contributed by atoms with Gasteiger partial charge in [0.15, 0.2) is 0 Å². The summed E-state index contributed by atoms with van der Waals surface area (Å²) < 4.78 is 18.7. The van der Waals surface area contributed by atoms with Gasteiger partial charge in [-0.1, -0.05) is 39.0 Å². The molecule has 0 radical (unpaired) electrons. The third-order valence-corrected chi connectivity index (χ3v) is 3.61. The van der Waals surface area contributed by atoms with E-state index in [1.54, 1.807) is 18.2 Å². The van der Waals surface area contributed by atoms with Crippen molar-refractivity contribution < 1.29 is 13.9 Å². The Morgan fingerprint density at radius 2 is 1.88 bits per heavy atom. The minimum absolute atomic E-state index is 0. The highest BCUT2D eigenvalue weighted by atomic mass is 35.5. The lowest BCUT2D eigenvalue weighted by Crippen LogP contribution is -2.45. The Kier molecular flexibility index (Phi) is 7.39. The van der Waals surface area contributed by atoms with Crippen molar-refractivity contribution in [3.63, 3.8) is 0 Å². The fourth-order valence-corrected chi connectivity index (χ4v) is 2.08. The van der Waals surface area contributed by atoms with Crippen molar-refractivity contribution in [2.24, 2.45) is 11.1 Å². The molecule has 0 aliphatic heterocycles. The summed E-state index contributed by atoms with van der Waals surface area (Å²) >= 11 is 0. The lowest BCUT2D eigenvalue weighted by atomic mass is 9.87. The average Bonchev–Trinajstić information content (AvgIpc) is 2.52. The number of carbonyl (C=O) groups excluding carboxylic acids is 1. The van der Waals surface area contributed by atoms with E-state index in [0.29, 0.717) is 11.4 Å². The molecule has 0 aliphatic rings. The molecule has 1 amide bonds. The van der Waals surface area contributed by atoms with E-state index >= 15 is 0 Å². The van der Waals surface area contributed by atoms with Crippen molar-refractivity contribution in [1.29, 1.82) is 0 Å². The molecular formula is C19H24ClFN2O2. The Hall–Kier alpha value is -2.11. The van der Waals surface area contributed by atoms with Gasteiger partial charge in [0.2, 0.25) is 5.91 Å². The maximum atomic E-state index is 13.1. The van der Waals surface area contributed by atoms with Gasteiger partial charge >= 0.3 is 0 Å². The van der Waals surface area contributed by atoms with Crippen LogP contribution in [0.4, 0.5) is 10.1 Å². The van der Waals surface area contributed by atoms with Crippen molar-refractivity contribution in [1.82, 2.24) is 0 Å². The zero-order chi connectivity index (χ0) is 17.7. The minimum atomic E-state index is -0.607. The van der Waals surface area contributed by atoms with Gasteiger partial charge < -0.3 is 15.8 Å². The Bertz CT molecular complexity index is 717. The summed E-state index contributed by atoms with van der Waals surface area (Å²) in [5, 5.41) is 2.82. The number of nitrogens with one attached hydrogen (secondary N) is 1. The molecular weight excluding hydrogens is 343 g/mol. The van der Waals surface area contributed by atoms with Crippen molar-refractivity contribution >= 4 is 24.0 Å². The van der Waals surface area contributed by atoms with Crippen LogP contribution in [0.2, 0.25) is 0 Å². The van der Waals surface area contributed by atoms with E-state index in [1.807, 2.05) is 39.0 Å². The first kappa shape index (κ1) is 20.9. The lowest BCUT2D eigenvalue weighted by Gasteiger charge is -2.25. The zero-order valence-corrected chi connectivity index (χ0v) is 15.4. The largest absolute Gasteiger partial charge is 0.489 e. The van der Waals surface area contributed by atoms with Gasteiger partial charge in [-0.25, -0.2) is 4.39 Å². The maximum absolute atomic E-state index is 13.1. The molecule has 0 aliphatic carbocycles. The summed E-state index contributed by atoms with van der Waals surface area (Å²) in [5.74, 6) is -0.116. The van der Waals surface area contributed by atoms with Gasteiger partial charge in [-0.05, 0) is 35.2 Å². The fraction of sp³-hybridized carbons (Fsp3) is 0.316. The van der Waals surface area contributed by atoms with E-state index in [4.69, 9.17) is 10.5 Å². The average molecular weight is 367 g/mol. The smallest absolute Gasteiger partial charge is 0.241 e. The predicted molar refractivity (Wildman–Crippen MR) is 100 cm³/mol. The summed E-state index contributed by atoms with van der Waals surface area (Å²) in [6.07, 6.45) is 0. The standard InChI is InChI=1S/C19H23FN2O2.ClH/c1-19(2,3)17(21)18(23)22-15-8-4-6-13(10-15)12-24-16-9-5-7-14(20)11-16;/h4-11,17H,12,21H2,1-3H3,(H,22,23);1H/t17-;/m1./s1. The Morgan fingerprint density at radius 3 is 2.52 bits per heavy atom. The van der Waals surface area contributed by atoms with E-state index in [9.17, 15) is 9.18 Å². The predicted octanol–water partition coefficient (Wildman–Crippen LogP) is 4.14. The first-order chi connectivity index (χ1) is 11.3. The topological polar surface area (TPSA) is 64.4 Å². The Labute approximate surface area is 154 Å². The van der Waals surface area contributed by atoms with E-state index < -0.39 is 6.04 Å². The third-order valence-electron chi connectivity index (χ3n) is 3.61. The van der Waals surface area contributed by atoms with Gasteiger partial charge in [0.05, 0.1) is 6.04 Å². The molecule has 2 rings (SSSR count). The zero-order valence-electron chi connectivity index (χ0n) is 14.6. The van der Waals surface area contributed by atoms with Crippen LogP contribution < -0.4 is 15.8 Å².